The molecule has 0 heterocycles. The van der Waals surface area contributed by atoms with Gasteiger partial charge in [0.15, 0.2) is 0 Å². The highest BCUT2D eigenvalue weighted by molar-refractivity contribution is 5.83. The minimum absolute atomic E-state index is 0.0500. The van der Waals surface area contributed by atoms with Crippen LogP contribution in [-0.2, 0) is 4.79 Å². The third-order valence-electron chi connectivity index (χ3n) is 4.79. The Hall–Kier alpha value is -1.35. The quantitative estimate of drug-likeness (QED) is 0.893. The molecule has 0 saturated heterocycles. The van der Waals surface area contributed by atoms with Gasteiger partial charge in [0.1, 0.15) is 6.04 Å². The molecule has 1 fully saturated rings. The van der Waals surface area contributed by atoms with Crippen LogP contribution in [0.4, 0.5) is 0 Å². The molecule has 1 aliphatic rings. The summed E-state index contributed by atoms with van der Waals surface area (Å²) >= 11 is 0. The van der Waals surface area contributed by atoms with Gasteiger partial charge in [-0.3, -0.25) is 4.79 Å². The maximum absolute atomic E-state index is 12.5. The fraction of sp³-hybridized carbons (Fsp3) is 0.611. The number of rotatable bonds is 4. The zero-order chi connectivity index (χ0) is 15.4. The van der Waals surface area contributed by atoms with Crippen molar-refractivity contribution >= 4 is 5.91 Å². The van der Waals surface area contributed by atoms with Crippen molar-refractivity contribution in [1.29, 1.82) is 0 Å². The lowest BCUT2D eigenvalue weighted by molar-refractivity contribution is -0.124. The molecule has 0 aliphatic heterocycles. The van der Waals surface area contributed by atoms with Crippen molar-refractivity contribution < 1.29 is 4.79 Å². The minimum atomic E-state index is -0.573. The highest BCUT2D eigenvalue weighted by Gasteiger charge is 2.32. The average molecular weight is 288 g/mol. The van der Waals surface area contributed by atoms with Crippen LogP contribution in [0.15, 0.2) is 30.3 Å². The molecule has 0 bridgehead atoms. The van der Waals surface area contributed by atoms with E-state index < -0.39 is 6.04 Å². The van der Waals surface area contributed by atoms with Gasteiger partial charge < -0.3 is 11.1 Å². The van der Waals surface area contributed by atoms with Crippen LogP contribution in [0.1, 0.15) is 51.6 Å². The fourth-order valence-corrected chi connectivity index (χ4v) is 3.45. The first-order valence-electron chi connectivity index (χ1n) is 8.10. The summed E-state index contributed by atoms with van der Waals surface area (Å²) in [6.45, 7) is 6.76. The van der Waals surface area contributed by atoms with Crippen molar-refractivity contribution in [3.05, 3.63) is 35.9 Å². The van der Waals surface area contributed by atoms with Gasteiger partial charge >= 0.3 is 0 Å². The molecule has 4 atom stereocenters. The van der Waals surface area contributed by atoms with Crippen LogP contribution >= 0.6 is 0 Å². The first-order chi connectivity index (χ1) is 9.99. The summed E-state index contributed by atoms with van der Waals surface area (Å²) < 4.78 is 0. The van der Waals surface area contributed by atoms with Crippen LogP contribution in [0.3, 0.4) is 0 Å². The zero-order valence-corrected chi connectivity index (χ0v) is 13.4. The maximum atomic E-state index is 12.5. The van der Waals surface area contributed by atoms with Crippen LogP contribution < -0.4 is 11.1 Å². The number of carbonyl (C=O) groups excluding carboxylic acids is 1. The molecule has 3 nitrogen and oxygen atoms in total. The number of nitrogens with one attached hydrogen (secondary N) is 1. The summed E-state index contributed by atoms with van der Waals surface area (Å²) in [6.07, 6.45) is 3.53. The lowest BCUT2D eigenvalue weighted by atomic mass is 9.74. The molecule has 2 rings (SSSR count). The van der Waals surface area contributed by atoms with Gasteiger partial charge in [-0.2, -0.15) is 0 Å². The summed E-state index contributed by atoms with van der Waals surface area (Å²) in [6, 6.07) is 9.28. The second-order valence-electron chi connectivity index (χ2n) is 6.83. The summed E-state index contributed by atoms with van der Waals surface area (Å²) in [4.78, 5) is 12.5. The van der Waals surface area contributed by atoms with Crippen LogP contribution in [0, 0.1) is 17.8 Å². The van der Waals surface area contributed by atoms with Gasteiger partial charge in [0.05, 0.1) is 0 Å². The smallest absolute Gasteiger partial charge is 0.241 e. The molecule has 1 amide bonds. The summed E-state index contributed by atoms with van der Waals surface area (Å²) in [5.41, 5.74) is 6.97. The van der Waals surface area contributed by atoms with Crippen LogP contribution in [-0.4, -0.2) is 11.9 Å². The van der Waals surface area contributed by atoms with E-state index in [4.69, 9.17) is 5.73 Å². The number of nitrogens with two attached hydrogens (primary N) is 1. The van der Waals surface area contributed by atoms with E-state index in [2.05, 4.69) is 26.1 Å². The first kappa shape index (κ1) is 16.0. The predicted molar refractivity (Wildman–Crippen MR) is 86.6 cm³/mol. The molecule has 3 unspecified atom stereocenters. The molecule has 3 heteroatoms. The van der Waals surface area contributed by atoms with Crippen molar-refractivity contribution in [2.45, 2.75) is 52.1 Å². The number of amides is 1. The van der Waals surface area contributed by atoms with Crippen molar-refractivity contribution in [1.82, 2.24) is 5.32 Å². The summed E-state index contributed by atoms with van der Waals surface area (Å²) in [5.74, 6) is 1.79. The number of hydrogen-bond donors (Lipinski definition) is 2. The number of benzene rings is 1. The number of carbonyl (C=O) groups is 1. The molecule has 1 aromatic rings. The lowest BCUT2D eigenvalue weighted by Gasteiger charge is -2.38. The predicted octanol–water partition coefficient (Wildman–Crippen LogP) is 3.26. The van der Waals surface area contributed by atoms with E-state index in [9.17, 15) is 4.79 Å². The molecule has 0 spiro atoms. The van der Waals surface area contributed by atoms with E-state index in [1.54, 1.807) is 0 Å². The van der Waals surface area contributed by atoms with Crippen LogP contribution in [0.5, 0.6) is 0 Å². The fourth-order valence-electron chi connectivity index (χ4n) is 3.45. The van der Waals surface area contributed by atoms with Crippen molar-refractivity contribution in [3.63, 3.8) is 0 Å². The highest BCUT2D eigenvalue weighted by Crippen LogP contribution is 2.33. The van der Waals surface area contributed by atoms with Crippen molar-refractivity contribution in [3.8, 4) is 0 Å². The Labute approximate surface area is 128 Å². The Morgan fingerprint density at radius 3 is 2.52 bits per heavy atom. The summed E-state index contributed by atoms with van der Waals surface area (Å²) in [7, 11) is 0. The van der Waals surface area contributed by atoms with Gasteiger partial charge in [-0.25, -0.2) is 0 Å². The number of hydrogen-bond acceptors (Lipinski definition) is 2. The standard InChI is InChI=1S/C18H28N2O/c1-12(2)15-10-9-13(3)11-16(15)20-18(21)17(19)14-7-5-4-6-8-14/h4-8,12-13,15-17H,9-11,19H2,1-3H3,(H,20,21)/t13?,15?,16?,17-/m0/s1. The molecular formula is C18H28N2O. The second-order valence-corrected chi connectivity index (χ2v) is 6.83. The summed E-state index contributed by atoms with van der Waals surface area (Å²) in [5, 5.41) is 3.22. The molecule has 3 N–H and O–H groups in total. The van der Waals surface area contributed by atoms with E-state index in [0.29, 0.717) is 17.8 Å². The van der Waals surface area contributed by atoms with E-state index in [1.165, 1.54) is 12.8 Å². The second kappa shape index (κ2) is 7.08. The molecule has 116 valence electrons. The lowest BCUT2D eigenvalue weighted by Crippen LogP contribution is -2.48. The molecule has 1 saturated carbocycles. The van der Waals surface area contributed by atoms with E-state index >= 15 is 0 Å². The Morgan fingerprint density at radius 2 is 1.90 bits per heavy atom. The normalized spacial score (nSPS) is 27.4. The molecule has 0 radical (unpaired) electrons. The largest absolute Gasteiger partial charge is 0.351 e. The Morgan fingerprint density at radius 1 is 1.24 bits per heavy atom. The van der Waals surface area contributed by atoms with E-state index in [-0.39, 0.29) is 11.9 Å². The van der Waals surface area contributed by atoms with Gasteiger partial charge in [-0.1, -0.05) is 57.5 Å². The van der Waals surface area contributed by atoms with Gasteiger partial charge in [0.25, 0.3) is 0 Å². The van der Waals surface area contributed by atoms with Gasteiger partial charge in [-0.05, 0) is 36.2 Å². The van der Waals surface area contributed by atoms with Crippen molar-refractivity contribution in [2.24, 2.45) is 23.5 Å². The van der Waals surface area contributed by atoms with Gasteiger partial charge in [0, 0.05) is 6.04 Å². The Kier molecular flexibility index (Phi) is 5.40. The SMILES string of the molecule is CC1CCC(C(C)C)C(NC(=O)[C@@H](N)c2ccccc2)C1. The first-order valence-corrected chi connectivity index (χ1v) is 8.10. The molecule has 0 aromatic heterocycles. The monoisotopic (exact) mass is 288 g/mol. The van der Waals surface area contributed by atoms with E-state index in [0.717, 1.165) is 12.0 Å². The zero-order valence-electron chi connectivity index (χ0n) is 13.4. The maximum Gasteiger partial charge on any atom is 0.241 e. The highest BCUT2D eigenvalue weighted by atomic mass is 16.2. The Balaban J connectivity index is 2.02. The molecular weight excluding hydrogens is 260 g/mol. The van der Waals surface area contributed by atoms with E-state index in [1.807, 2.05) is 30.3 Å². The third-order valence-corrected chi connectivity index (χ3v) is 4.79. The molecule has 1 aromatic carbocycles. The average Bonchev–Trinajstić information content (AvgIpc) is 2.47. The topological polar surface area (TPSA) is 55.1 Å². The van der Waals surface area contributed by atoms with Crippen molar-refractivity contribution in [2.75, 3.05) is 0 Å². The van der Waals surface area contributed by atoms with Gasteiger partial charge in [0.2, 0.25) is 5.91 Å². The molecule has 1 aliphatic carbocycles. The molecule has 21 heavy (non-hydrogen) atoms. The third kappa shape index (κ3) is 4.07. The van der Waals surface area contributed by atoms with Crippen LogP contribution in [0.2, 0.25) is 0 Å². The Bertz CT molecular complexity index is 458. The minimum Gasteiger partial charge on any atom is -0.351 e. The van der Waals surface area contributed by atoms with Crippen LogP contribution in [0.25, 0.3) is 0 Å². The van der Waals surface area contributed by atoms with Gasteiger partial charge in [-0.15, -0.1) is 0 Å².